The topological polar surface area (TPSA) is 51.8 Å². The Morgan fingerprint density at radius 2 is 2.25 bits per heavy atom. The average Bonchev–Trinajstić information content (AvgIpc) is 2.58. The van der Waals surface area contributed by atoms with Crippen molar-refractivity contribution in [1.82, 2.24) is 9.36 Å². The molecule has 2 aromatic heterocycles. The van der Waals surface area contributed by atoms with Gasteiger partial charge in [-0.2, -0.15) is 9.36 Å². The second kappa shape index (κ2) is 2.84. The summed E-state index contributed by atoms with van der Waals surface area (Å²) in [5.41, 5.74) is 5.47. The lowest BCUT2D eigenvalue weighted by atomic mass is 10.4. The van der Waals surface area contributed by atoms with E-state index < -0.39 is 0 Å². The minimum absolute atomic E-state index is 0.524. The first kappa shape index (κ1) is 7.70. The summed E-state index contributed by atoms with van der Waals surface area (Å²) in [7, 11) is 0. The second-order valence-electron chi connectivity index (χ2n) is 2.37. The van der Waals surface area contributed by atoms with Crippen LogP contribution in [0.2, 0.25) is 0 Å². The molecule has 12 heavy (non-hydrogen) atoms. The molecular weight excluding hydrogens is 190 g/mol. The standard InChI is InChI=1S/C7H7N3S2/c1-4-2-3-5(11-4)6-9-7(8)12-10-6/h2-3H,1H3,(H2,8,9,10). The van der Waals surface area contributed by atoms with Crippen molar-refractivity contribution in [2.24, 2.45) is 0 Å². The summed E-state index contributed by atoms with van der Waals surface area (Å²) < 4.78 is 4.12. The summed E-state index contributed by atoms with van der Waals surface area (Å²) in [6, 6.07) is 4.07. The maximum Gasteiger partial charge on any atom is 0.200 e. The molecular formula is C7H7N3S2. The van der Waals surface area contributed by atoms with Gasteiger partial charge >= 0.3 is 0 Å². The van der Waals surface area contributed by atoms with Crippen molar-refractivity contribution in [2.45, 2.75) is 6.92 Å². The first-order valence-electron chi connectivity index (χ1n) is 3.42. The third-order valence-electron chi connectivity index (χ3n) is 1.40. The maximum absolute atomic E-state index is 5.47. The van der Waals surface area contributed by atoms with Crippen molar-refractivity contribution in [1.29, 1.82) is 0 Å². The van der Waals surface area contributed by atoms with E-state index in [2.05, 4.69) is 22.3 Å². The number of hydrogen-bond donors (Lipinski definition) is 1. The van der Waals surface area contributed by atoms with Crippen LogP contribution in [0.3, 0.4) is 0 Å². The molecule has 3 nitrogen and oxygen atoms in total. The molecule has 2 aromatic rings. The number of thiophene rings is 1. The Labute approximate surface area is 78.1 Å². The number of nitrogens with zero attached hydrogens (tertiary/aromatic N) is 2. The van der Waals surface area contributed by atoms with E-state index in [1.54, 1.807) is 11.3 Å². The highest BCUT2D eigenvalue weighted by molar-refractivity contribution is 7.15. The number of aryl methyl sites for hydroxylation is 1. The fraction of sp³-hybridized carbons (Fsp3) is 0.143. The second-order valence-corrected chi connectivity index (χ2v) is 4.44. The summed E-state index contributed by atoms with van der Waals surface area (Å²) in [4.78, 5) is 6.44. The van der Waals surface area contributed by atoms with Crippen molar-refractivity contribution < 1.29 is 0 Å². The van der Waals surface area contributed by atoms with Crippen LogP contribution in [0.4, 0.5) is 5.13 Å². The van der Waals surface area contributed by atoms with Crippen LogP contribution in [0, 0.1) is 6.92 Å². The van der Waals surface area contributed by atoms with Gasteiger partial charge in [0.2, 0.25) is 0 Å². The summed E-state index contributed by atoms with van der Waals surface area (Å²) in [5.74, 6) is 0.746. The van der Waals surface area contributed by atoms with E-state index in [0.717, 1.165) is 10.7 Å². The molecule has 0 saturated carbocycles. The van der Waals surface area contributed by atoms with Crippen LogP contribution >= 0.6 is 22.9 Å². The van der Waals surface area contributed by atoms with Crippen LogP contribution in [-0.4, -0.2) is 9.36 Å². The normalized spacial score (nSPS) is 10.4. The van der Waals surface area contributed by atoms with E-state index in [1.165, 1.54) is 16.4 Å². The van der Waals surface area contributed by atoms with Gasteiger partial charge < -0.3 is 5.73 Å². The monoisotopic (exact) mass is 197 g/mol. The van der Waals surface area contributed by atoms with Gasteiger partial charge in [-0.3, -0.25) is 0 Å². The van der Waals surface area contributed by atoms with Crippen molar-refractivity contribution in [3.05, 3.63) is 17.0 Å². The molecule has 0 aromatic carbocycles. The Kier molecular flexibility index (Phi) is 1.82. The Balaban J connectivity index is 2.43. The van der Waals surface area contributed by atoms with Crippen LogP contribution in [0.5, 0.6) is 0 Å². The van der Waals surface area contributed by atoms with Crippen LogP contribution in [0.25, 0.3) is 10.7 Å². The molecule has 0 bridgehead atoms. The van der Waals surface area contributed by atoms with Crippen LogP contribution in [-0.2, 0) is 0 Å². The molecule has 2 N–H and O–H groups in total. The first-order chi connectivity index (χ1) is 5.75. The van der Waals surface area contributed by atoms with E-state index in [9.17, 15) is 0 Å². The van der Waals surface area contributed by atoms with E-state index in [0.29, 0.717) is 5.13 Å². The molecule has 0 saturated heterocycles. The summed E-state index contributed by atoms with van der Waals surface area (Å²) in [5, 5.41) is 0.524. The van der Waals surface area contributed by atoms with Gasteiger partial charge in [0.05, 0.1) is 4.88 Å². The van der Waals surface area contributed by atoms with Crippen molar-refractivity contribution in [3.63, 3.8) is 0 Å². The number of nitrogen functional groups attached to an aromatic ring is 1. The zero-order chi connectivity index (χ0) is 8.55. The summed E-state index contributed by atoms with van der Waals surface area (Å²) in [6.07, 6.45) is 0. The van der Waals surface area contributed by atoms with Crippen molar-refractivity contribution in [2.75, 3.05) is 5.73 Å². The lowest BCUT2D eigenvalue weighted by Crippen LogP contribution is -1.81. The zero-order valence-corrected chi connectivity index (χ0v) is 8.08. The Morgan fingerprint density at radius 1 is 1.42 bits per heavy atom. The largest absolute Gasteiger partial charge is 0.374 e. The van der Waals surface area contributed by atoms with E-state index in [1.807, 2.05) is 6.07 Å². The molecule has 2 heterocycles. The van der Waals surface area contributed by atoms with Gasteiger partial charge in [0.25, 0.3) is 0 Å². The molecule has 0 aliphatic rings. The highest BCUT2D eigenvalue weighted by Crippen LogP contribution is 2.26. The SMILES string of the molecule is Cc1ccc(-c2nsc(N)n2)s1. The third kappa shape index (κ3) is 1.33. The van der Waals surface area contributed by atoms with Gasteiger partial charge in [-0.25, -0.2) is 0 Å². The molecule has 0 aliphatic heterocycles. The van der Waals surface area contributed by atoms with E-state index in [-0.39, 0.29) is 0 Å². The molecule has 0 amide bonds. The molecule has 0 fully saturated rings. The maximum atomic E-state index is 5.47. The predicted molar refractivity (Wildman–Crippen MR) is 52.4 cm³/mol. The number of nitrogens with two attached hydrogens (primary N) is 1. The van der Waals surface area contributed by atoms with E-state index in [4.69, 9.17) is 5.73 Å². The van der Waals surface area contributed by atoms with Gasteiger partial charge in [-0.1, -0.05) is 0 Å². The quantitative estimate of drug-likeness (QED) is 0.762. The summed E-state index contributed by atoms with van der Waals surface area (Å²) >= 11 is 2.91. The Bertz CT molecular complexity index is 353. The molecule has 0 atom stereocenters. The van der Waals surface area contributed by atoms with Gasteiger partial charge in [-0.05, 0) is 19.1 Å². The molecule has 0 spiro atoms. The van der Waals surface area contributed by atoms with Gasteiger partial charge in [-0.15, -0.1) is 11.3 Å². The van der Waals surface area contributed by atoms with Gasteiger partial charge in [0.1, 0.15) is 0 Å². The number of hydrogen-bond acceptors (Lipinski definition) is 5. The van der Waals surface area contributed by atoms with E-state index >= 15 is 0 Å². The van der Waals surface area contributed by atoms with Crippen LogP contribution < -0.4 is 5.73 Å². The number of anilines is 1. The lowest BCUT2D eigenvalue weighted by Gasteiger charge is -1.83. The minimum atomic E-state index is 0.524. The fourth-order valence-electron chi connectivity index (χ4n) is 0.890. The van der Waals surface area contributed by atoms with Crippen molar-refractivity contribution >= 4 is 28.0 Å². The highest BCUT2D eigenvalue weighted by Gasteiger charge is 2.05. The summed E-state index contributed by atoms with van der Waals surface area (Å²) in [6.45, 7) is 2.06. The van der Waals surface area contributed by atoms with Crippen molar-refractivity contribution in [3.8, 4) is 10.7 Å². The minimum Gasteiger partial charge on any atom is -0.374 e. The third-order valence-corrected chi connectivity index (χ3v) is 2.94. The number of aromatic nitrogens is 2. The smallest absolute Gasteiger partial charge is 0.200 e. The Morgan fingerprint density at radius 3 is 2.75 bits per heavy atom. The number of rotatable bonds is 1. The molecule has 0 radical (unpaired) electrons. The molecule has 0 aliphatic carbocycles. The highest BCUT2D eigenvalue weighted by atomic mass is 32.1. The lowest BCUT2D eigenvalue weighted by molar-refractivity contribution is 1.35. The van der Waals surface area contributed by atoms with Gasteiger partial charge in [0.15, 0.2) is 11.0 Å². The fourth-order valence-corrected chi connectivity index (χ4v) is 2.20. The molecule has 62 valence electrons. The zero-order valence-electron chi connectivity index (χ0n) is 6.44. The van der Waals surface area contributed by atoms with Gasteiger partial charge in [0, 0.05) is 16.4 Å². The average molecular weight is 197 g/mol. The Hall–Kier alpha value is -0.940. The van der Waals surface area contributed by atoms with Crippen LogP contribution in [0.15, 0.2) is 12.1 Å². The van der Waals surface area contributed by atoms with Crippen LogP contribution in [0.1, 0.15) is 4.88 Å². The first-order valence-corrected chi connectivity index (χ1v) is 5.01. The predicted octanol–water partition coefficient (Wildman–Crippen LogP) is 2.16. The molecule has 5 heteroatoms. The molecule has 2 rings (SSSR count). The molecule has 0 unspecified atom stereocenters.